The Morgan fingerprint density at radius 1 is 1.05 bits per heavy atom. The molecule has 4 heteroatoms. The number of fused-ring (bicyclic) bond motifs is 1. The molecular formula is C18H18N2O2. The van der Waals surface area contributed by atoms with E-state index in [9.17, 15) is 4.79 Å². The van der Waals surface area contributed by atoms with Crippen LogP contribution in [-0.2, 0) is 6.61 Å². The zero-order valence-corrected chi connectivity index (χ0v) is 13.0. The van der Waals surface area contributed by atoms with Gasteiger partial charge in [-0.2, -0.15) is 0 Å². The second-order valence-electron chi connectivity index (χ2n) is 5.58. The van der Waals surface area contributed by atoms with Gasteiger partial charge in [-0.05, 0) is 50.1 Å². The molecule has 2 heterocycles. The fourth-order valence-electron chi connectivity index (χ4n) is 2.44. The van der Waals surface area contributed by atoms with Crippen LogP contribution in [0.4, 0.5) is 0 Å². The molecule has 2 aromatic heterocycles. The molecule has 0 unspecified atom stereocenters. The average molecular weight is 294 g/mol. The third-order valence-electron chi connectivity index (χ3n) is 3.58. The first kappa shape index (κ1) is 14.3. The van der Waals surface area contributed by atoms with Crippen LogP contribution in [0.1, 0.15) is 22.4 Å². The number of aryl methyl sites for hydroxylation is 3. The highest BCUT2D eigenvalue weighted by atomic mass is 16.5. The molecule has 3 aromatic rings. The van der Waals surface area contributed by atoms with Crippen molar-refractivity contribution < 1.29 is 4.74 Å². The highest BCUT2D eigenvalue weighted by Crippen LogP contribution is 2.19. The standard InChI is InChI=1S/C18H18N2O2/c1-12-4-5-16(14(3)8-12)22-11-15-10-18(21)20-7-6-13(2)9-17(20)19-15/h4-10H,11H2,1-3H3. The molecule has 0 fully saturated rings. The van der Waals surface area contributed by atoms with Crippen LogP contribution in [0.3, 0.4) is 0 Å². The monoisotopic (exact) mass is 294 g/mol. The Morgan fingerprint density at radius 2 is 1.82 bits per heavy atom. The van der Waals surface area contributed by atoms with E-state index >= 15 is 0 Å². The average Bonchev–Trinajstić information content (AvgIpc) is 2.46. The van der Waals surface area contributed by atoms with E-state index < -0.39 is 0 Å². The van der Waals surface area contributed by atoms with Gasteiger partial charge in [0, 0.05) is 12.3 Å². The van der Waals surface area contributed by atoms with Gasteiger partial charge in [-0.1, -0.05) is 17.7 Å². The topological polar surface area (TPSA) is 43.6 Å². The first-order chi connectivity index (χ1) is 10.5. The van der Waals surface area contributed by atoms with Gasteiger partial charge in [-0.3, -0.25) is 9.20 Å². The minimum absolute atomic E-state index is 0.0933. The van der Waals surface area contributed by atoms with E-state index in [1.165, 1.54) is 16.0 Å². The Labute approximate surface area is 129 Å². The van der Waals surface area contributed by atoms with Gasteiger partial charge in [0.1, 0.15) is 18.0 Å². The summed E-state index contributed by atoms with van der Waals surface area (Å²) in [7, 11) is 0. The molecule has 3 rings (SSSR count). The fraction of sp³-hybridized carbons (Fsp3) is 0.222. The molecule has 0 saturated heterocycles. The summed E-state index contributed by atoms with van der Waals surface area (Å²) >= 11 is 0. The smallest absolute Gasteiger partial charge is 0.258 e. The minimum atomic E-state index is -0.0933. The van der Waals surface area contributed by atoms with Crippen LogP contribution >= 0.6 is 0 Å². The molecule has 0 aliphatic carbocycles. The van der Waals surface area contributed by atoms with Crippen LogP contribution < -0.4 is 10.3 Å². The minimum Gasteiger partial charge on any atom is -0.487 e. The number of hydrogen-bond donors (Lipinski definition) is 0. The van der Waals surface area contributed by atoms with Gasteiger partial charge in [0.15, 0.2) is 0 Å². The largest absolute Gasteiger partial charge is 0.487 e. The number of benzene rings is 1. The zero-order valence-electron chi connectivity index (χ0n) is 13.0. The Hall–Kier alpha value is -2.62. The van der Waals surface area contributed by atoms with Gasteiger partial charge in [0.05, 0.1) is 5.69 Å². The van der Waals surface area contributed by atoms with E-state index in [4.69, 9.17) is 4.74 Å². The van der Waals surface area contributed by atoms with E-state index in [1.54, 1.807) is 6.20 Å². The van der Waals surface area contributed by atoms with Crippen molar-refractivity contribution in [3.05, 3.63) is 75.3 Å². The van der Waals surface area contributed by atoms with Gasteiger partial charge in [0.25, 0.3) is 5.56 Å². The number of ether oxygens (including phenoxy) is 1. The van der Waals surface area contributed by atoms with Crippen LogP contribution in [0.25, 0.3) is 5.65 Å². The predicted octanol–water partition coefficient (Wildman–Crippen LogP) is 3.20. The van der Waals surface area contributed by atoms with E-state index in [0.29, 0.717) is 11.3 Å². The maximum absolute atomic E-state index is 12.1. The number of hydrogen-bond acceptors (Lipinski definition) is 3. The van der Waals surface area contributed by atoms with Crippen molar-refractivity contribution in [1.82, 2.24) is 9.38 Å². The van der Waals surface area contributed by atoms with Gasteiger partial charge in [-0.25, -0.2) is 4.98 Å². The lowest BCUT2D eigenvalue weighted by Gasteiger charge is -2.10. The van der Waals surface area contributed by atoms with E-state index in [2.05, 4.69) is 11.1 Å². The van der Waals surface area contributed by atoms with E-state index in [1.807, 2.05) is 45.0 Å². The van der Waals surface area contributed by atoms with E-state index in [0.717, 1.165) is 16.9 Å². The lowest BCUT2D eigenvalue weighted by molar-refractivity contribution is 0.299. The molecule has 0 atom stereocenters. The lowest BCUT2D eigenvalue weighted by atomic mass is 10.1. The molecule has 0 bridgehead atoms. The summed E-state index contributed by atoms with van der Waals surface area (Å²) in [5.74, 6) is 0.817. The number of aromatic nitrogens is 2. The molecule has 4 nitrogen and oxygen atoms in total. The van der Waals surface area contributed by atoms with Gasteiger partial charge in [-0.15, -0.1) is 0 Å². The number of nitrogens with zero attached hydrogens (tertiary/aromatic N) is 2. The molecule has 0 amide bonds. The summed E-state index contributed by atoms with van der Waals surface area (Å²) in [5.41, 5.74) is 4.53. The van der Waals surface area contributed by atoms with Crippen molar-refractivity contribution in [2.75, 3.05) is 0 Å². The summed E-state index contributed by atoms with van der Waals surface area (Å²) in [6.07, 6.45) is 1.74. The zero-order chi connectivity index (χ0) is 15.7. The Kier molecular flexibility index (Phi) is 3.67. The summed E-state index contributed by atoms with van der Waals surface area (Å²) < 4.78 is 7.34. The van der Waals surface area contributed by atoms with Gasteiger partial charge < -0.3 is 4.74 Å². The summed E-state index contributed by atoms with van der Waals surface area (Å²) in [6.45, 7) is 6.31. The molecule has 112 valence electrons. The maximum atomic E-state index is 12.1. The van der Waals surface area contributed by atoms with Crippen LogP contribution in [0.15, 0.2) is 47.4 Å². The molecule has 0 radical (unpaired) electrons. The summed E-state index contributed by atoms with van der Waals surface area (Å²) in [4.78, 5) is 16.6. The molecule has 1 aromatic carbocycles. The normalized spacial score (nSPS) is 10.9. The molecule has 0 N–H and O–H groups in total. The third-order valence-corrected chi connectivity index (χ3v) is 3.58. The highest BCUT2D eigenvalue weighted by molar-refractivity contribution is 5.41. The first-order valence-corrected chi connectivity index (χ1v) is 7.22. The van der Waals surface area contributed by atoms with Gasteiger partial charge >= 0.3 is 0 Å². The van der Waals surface area contributed by atoms with Crippen molar-refractivity contribution in [3.63, 3.8) is 0 Å². The van der Waals surface area contributed by atoms with Crippen molar-refractivity contribution >= 4 is 5.65 Å². The predicted molar refractivity (Wildman–Crippen MR) is 86.4 cm³/mol. The SMILES string of the molecule is Cc1ccc(OCc2cc(=O)n3ccc(C)cc3n2)c(C)c1. The lowest BCUT2D eigenvalue weighted by Crippen LogP contribution is -2.16. The quantitative estimate of drug-likeness (QED) is 0.745. The van der Waals surface area contributed by atoms with Crippen LogP contribution in [0.2, 0.25) is 0 Å². The molecule has 0 aliphatic heterocycles. The molecule has 0 spiro atoms. The maximum Gasteiger partial charge on any atom is 0.258 e. The molecule has 0 saturated carbocycles. The Bertz CT molecular complexity index is 897. The third kappa shape index (κ3) is 2.86. The van der Waals surface area contributed by atoms with Crippen LogP contribution in [-0.4, -0.2) is 9.38 Å². The van der Waals surface area contributed by atoms with Gasteiger partial charge in [0.2, 0.25) is 0 Å². The van der Waals surface area contributed by atoms with Crippen LogP contribution in [0.5, 0.6) is 5.75 Å². The fourth-order valence-corrected chi connectivity index (χ4v) is 2.44. The molecule has 22 heavy (non-hydrogen) atoms. The molecular weight excluding hydrogens is 276 g/mol. The first-order valence-electron chi connectivity index (χ1n) is 7.22. The number of rotatable bonds is 3. The second kappa shape index (κ2) is 5.64. The number of pyridine rings is 1. The second-order valence-corrected chi connectivity index (χ2v) is 5.58. The van der Waals surface area contributed by atoms with Crippen molar-refractivity contribution in [1.29, 1.82) is 0 Å². The Balaban J connectivity index is 1.89. The van der Waals surface area contributed by atoms with Crippen molar-refractivity contribution in [2.24, 2.45) is 0 Å². The van der Waals surface area contributed by atoms with Crippen molar-refractivity contribution in [2.45, 2.75) is 27.4 Å². The molecule has 0 aliphatic rings. The van der Waals surface area contributed by atoms with Crippen LogP contribution in [0, 0.1) is 20.8 Å². The van der Waals surface area contributed by atoms with E-state index in [-0.39, 0.29) is 12.2 Å². The van der Waals surface area contributed by atoms with Crippen molar-refractivity contribution in [3.8, 4) is 5.75 Å². The summed E-state index contributed by atoms with van der Waals surface area (Å²) in [5, 5.41) is 0. The summed E-state index contributed by atoms with van der Waals surface area (Å²) in [6, 6.07) is 11.3. The highest BCUT2D eigenvalue weighted by Gasteiger charge is 2.05. The Morgan fingerprint density at radius 3 is 2.59 bits per heavy atom.